The van der Waals surface area contributed by atoms with Crippen molar-refractivity contribution >= 4 is 0 Å². The summed E-state index contributed by atoms with van der Waals surface area (Å²) in [7, 11) is 0. The van der Waals surface area contributed by atoms with Crippen molar-refractivity contribution in [3.8, 4) is 11.1 Å². The van der Waals surface area contributed by atoms with Gasteiger partial charge in [-0.3, -0.25) is 0 Å². The van der Waals surface area contributed by atoms with Crippen LogP contribution in [0, 0.1) is 17.8 Å². The zero-order chi connectivity index (χ0) is 24.3. The maximum absolute atomic E-state index is 2.45. The lowest BCUT2D eigenvalue weighted by Crippen LogP contribution is -2.15. The lowest BCUT2D eigenvalue weighted by Gasteiger charge is -2.29. The van der Waals surface area contributed by atoms with E-state index in [9.17, 15) is 0 Å². The first-order chi connectivity index (χ1) is 17.3. The predicted octanol–water partition coefficient (Wildman–Crippen LogP) is 11.1. The van der Waals surface area contributed by atoms with Crippen molar-refractivity contribution in [3.63, 3.8) is 0 Å². The quantitative estimate of drug-likeness (QED) is 0.269. The minimum Gasteiger partial charge on any atom is -0.0654 e. The SMILES string of the molecule is CCCCCC1CCC(c2ccc(-c3ccccc3CCC3CCC(CCCC)CC3)cc2)CC1. The van der Waals surface area contributed by atoms with Gasteiger partial charge in [-0.15, -0.1) is 0 Å². The molecule has 4 rings (SSSR count). The van der Waals surface area contributed by atoms with E-state index in [0.29, 0.717) is 0 Å². The van der Waals surface area contributed by atoms with Crippen molar-refractivity contribution in [3.05, 3.63) is 59.7 Å². The molecule has 2 aromatic carbocycles. The molecular formula is C35H52. The highest BCUT2D eigenvalue weighted by Crippen LogP contribution is 2.39. The first kappa shape index (κ1) is 26.5. The van der Waals surface area contributed by atoms with E-state index < -0.39 is 0 Å². The molecule has 0 unspecified atom stereocenters. The summed E-state index contributed by atoms with van der Waals surface area (Å²) < 4.78 is 0. The van der Waals surface area contributed by atoms with Crippen LogP contribution in [0.4, 0.5) is 0 Å². The Morgan fingerprint density at radius 3 is 1.80 bits per heavy atom. The van der Waals surface area contributed by atoms with Crippen LogP contribution in [-0.4, -0.2) is 0 Å². The normalized spacial score (nSPS) is 25.0. The minimum absolute atomic E-state index is 0.786. The molecule has 0 heterocycles. The molecule has 2 fully saturated rings. The second-order valence-electron chi connectivity index (χ2n) is 12.1. The molecule has 192 valence electrons. The van der Waals surface area contributed by atoms with Gasteiger partial charge in [0.2, 0.25) is 0 Å². The zero-order valence-electron chi connectivity index (χ0n) is 22.9. The molecule has 0 saturated heterocycles. The van der Waals surface area contributed by atoms with Crippen LogP contribution in [-0.2, 0) is 6.42 Å². The Morgan fingerprint density at radius 1 is 0.571 bits per heavy atom. The van der Waals surface area contributed by atoms with E-state index >= 15 is 0 Å². The van der Waals surface area contributed by atoms with E-state index in [1.54, 1.807) is 11.1 Å². The largest absolute Gasteiger partial charge is 0.0654 e. The third-order valence-electron chi connectivity index (χ3n) is 9.53. The Labute approximate surface area is 217 Å². The molecule has 0 amide bonds. The summed E-state index contributed by atoms with van der Waals surface area (Å²) >= 11 is 0. The van der Waals surface area contributed by atoms with Crippen molar-refractivity contribution in [1.29, 1.82) is 0 Å². The molecule has 0 radical (unpaired) electrons. The summed E-state index contributed by atoms with van der Waals surface area (Å²) in [5, 5.41) is 0. The highest BCUT2D eigenvalue weighted by atomic mass is 14.3. The number of unbranched alkanes of at least 4 members (excludes halogenated alkanes) is 3. The van der Waals surface area contributed by atoms with E-state index in [0.717, 1.165) is 23.7 Å². The molecule has 0 N–H and O–H groups in total. The maximum Gasteiger partial charge on any atom is -0.0152 e. The first-order valence-electron chi connectivity index (χ1n) is 15.4. The Balaban J connectivity index is 1.28. The summed E-state index contributed by atoms with van der Waals surface area (Å²) in [4.78, 5) is 0. The van der Waals surface area contributed by atoms with Crippen molar-refractivity contribution in [2.24, 2.45) is 17.8 Å². The molecule has 0 heteroatoms. The molecule has 0 bridgehead atoms. The van der Waals surface area contributed by atoms with Crippen LogP contribution in [0.2, 0.25) is 0 Å². The summed E-state index contributed by atoms with van der Waals surface area (Å²) in [6, 6.07) is 18.9. The van der Waals surface area contributed by atoms with Gasteiger partial charge in [-0.2, -0.15) is 0 Å². The topological polar surface area (TPSA) is 0 Å². The van der Waals surface area contributed by atoms with E-state index in [1.807, 2.05) is 0 Å². The van der Waals surface area contributed by atoms with Gasteiger partial charge in [0.15, 0.2) is 0 Å². The Kier molecular flexibility index (Phi) is 10.8. The molecule has 2 aliphatic carbocycles. The Hall–Kier alpha value is -1.56. The summed E-state index contributed by atoms with van der Waals surface area (Å²) in [6.45, 7) is 4.65. The van der Waals surface area contributed by atoms with Crippen LogP contribution in [0.1, 0.15) is 134 Å². The predicted molar refractivity (Wildman–Crippen MR) is 154 cm³/mol. The highest BCUT2D eigenvalue weighted by Gasteiger charge is 2.23. The minimum atomic E-state index is 0.786. The summed E-state index contributed by atoms with van der Waals surface area (Å²) in [6.07, 6.45) is 24.1. The molecule has 35 heavy (non-hydrogen) atoms. The van der Waals surface area contributed by atoms with Crippen LogP contribution < -0.4 is 0 Å². The third-order valence-corrected chi connectivity index (χ3v) is 9.53. The summed E-state index contributed by atoms with van der Waals surface area (Å²) in [5.41, 5.74) is 6.02. The number of rotatable bonds is 12. The second-order valence-corrected chi connectivity index (χ2v) is 12.1. The molecule has 2 saturated carbocycles. The lowest BCUT2D eigenvalue weighted by atomic mass is 9.76. The second kappa shape index (κ2) is 14.2. The van der Waals surface area contributed by atoms with Crippen molar-refractivity contribution in [2.75, 3.05) is 0 Å². The van der Waals surface area contributed by atoms with E-state index in [4.69, 9.17) is 0 Å². The van der Waals surface area contributed by atoms with Crippen molar-refractivity contribution in [1.82, 2.24) is 0 Å². The van der Waals surface area contributed by atoms with Gasteiger partial charge < -0.3 is 0 Å². The number of aryl methyl sites for hydroxylation is 1. The Morgan fingerprint density at radius 2 is 1.14 bits per heavy atom. The molecule has 0 nitrogen and oxygen atoms in total. The van der Waals surface area contributed by atoms with Gasteiger partial charge in [-0.05, 0) is 84.5 Å². The van der Waals surface area contributed by atoms with Gasteiger partial charge in [-0.1, -0.05) is 133 Å². The fourth-order valence-corrected chi connectivity index (χ4v) is 7.08. The van der Waals surface area contributed by atoms with Crippen LogP contribution in [0.15, 0.2) is 48.5 Å². The summed E-state index contributed by atoms with van der Waals surface area (Å²) in [5.74, 6) is 3.75. The van der Waals surface area contributed by atoms with Gasteiger partial charge >= 0.3 is 0 Å². The number of hydrogen-bond donors (Lipinski definition) is 0. The standard InChI is InChI=1S/C35H52/c1-3-5-7-11-29-18-21-31(22-19-29)32-24-26-34(27-25-32)35-13-9-8-12-33(35)23-20-30-16-14-28(15-17-30)10-6-4-2/h8-9,12-13,24-31H,3-7,10-11,14-23H2,1-2H3. The first-order valence-corrected chi connectivity index (χ1v) is 15.4. The van der Waals surface area contributed by atoms with Crippen LogP contribution in [0.3, 0.4) is 0 Å². The van der Waals surface area contributed by atoms with Gasteiger partial charge in [0.05, 0.1) is 0 Å². The monoisotopic (exact) mass is 472 g/mol. The molecule has 0 spiro atoms. The Bertz CT molecular complexity index is 831. The third kappa shape index (κ3) is 7.96. The maximum atomic E-state index is 2.45. The van der Waals surface area contributed by atoms with Crippen molar-refractivity contribution < 1.29 is 0 Å². The van der Waals surface area contributed by atoms with Crippen molar-refractivity contribution in [2.45, 2.75) is 129 Å². The fourth-order valence-electron chi connectivity index (χ4n) is 7.08. The van der Waals surface area contributed by atoms with Crippen LogP contribution in [0.25, 0.3) is 11.1 Å². The van der Waals surface area contributed by atoms with E-state index in [1.165, 1.54) is 120 Å². The van der Waals surface area contributed by atoms with Gasteiger partial charge in [-0.25, -0.2) is 0 Å². The van der Waals surface area contributed by atoms with Crippen LogP contribution >= 0.6 is 0 Å². The molecular weight excluding hydrogens is 420 g/mol. The number of benzene rings is 2. The average molecular weight is 473 g/mol. The highest BCUT2D eigenvalue weighted by molar-refractivity contribution is 5.67. The van der Waals surface area contributed by atoms with Gasteiger partial charge in [0, 0.05) is 0 Å². The fraction of sp³-hybridized carbons (Fsp3) is 0.657. The van der Waals surface area contributed by atoms with Gasteiger partial charge in [0.1, 0.15) is 0 Å². The van der Waals surface area contributed by atoms with E-state index in [-0.39, 0.29) is 0 Å². The zero-order valence-corrected chi connectivity index (χ0v) is 22.9. The average Bonchev–Trinajstić information content (AvgIpc) is 2.92. The molecule has 0 atom stereocenters. The van der Waals surface area contributed by atoms with Gasteiger partial charge in [0.25, 0.3) is 0 Å². The smallest absolute Gasteiger partial charge is 0.0152 e. The molecule has 2 aliphatic rings. The van der Waals surface area contributed by atoms with Crippen LogP contribution in [0.5, 0.6) is 0 Å². The lowest BCUT2D eigenvalue weighted by molar-refractivity contribution is 0.250. The molecule has 0 aromatic heterocycles. The van der Waals surface area contributed by atoms with E-state index in [2.05, 4.69) is 62.4 Å². The molecule has 0 aliphatic heterocycles. The number of hydrogen-bond acceptors (Lipinski definition) is 0. The molecule has 2 aromatic rings.